The third-order valence-electron chi connectivity index (χ3n) is 5.21. The second-order valence-corrected chi connectivity index (χ2v) is 8.36. The molecule has 0 heterocycles. The third kappa shape index (κ3) is 5.33. The second kappa shape index (κ2) is 8.76. The summed E-state index contributed by atoms with van der Waals surface area (Å²) in [7, 11) is 0. The predicted octanol–water partition coefficient (Wildman–Crippen LogP) is 6.42. The topological polar surface area (TPSA) is 32.3 Å². The van der Waals surface area contributed by atoms with E-state index in [-0.39, 0.29) is 24.7 Å². The number of thiol groups is 1. The molecule has 0 aromatic heterocycles. The molecule has 1 fully saturated rings. The molecule has 1 aliphatic rings. The number of anilines is 1. The number of benzene rings is 1. The molecule has 152 valence electrons. The lowest BCUT2D eigenvalue weighted by Crippen LogP contribution is -2.45. The number of amides is 2. The Balaban J connectivity index is 2.20. The first kappa shape index (κ1) is 21.9. The highest BCUT2D eigenvalue weighted by atomic mass is 32.1. The van der Waals surface area contributed by atoms with Crippen LogP contribution in [0.4, 0.5) is 23.7 Å². The van der Waals surface area contributed by atoms with E-state index in [4.69, 9.17) is 0 Å². The standard InChI is InChI=1S/C20H29F3N2OS/c1-12(2)16-9-6-10-17(13(3)4)18(16)25(27)19(26)24-15-8-5-7-14(11-15)20(21,22)23/h6,9-10,12-15,27H,5,7-8,11H2,1-4H3,(H,24,26). The van der Waals surface area contributed by atoms with E-state index in [0.717, 1.165) is 16.8 Å². The lowest BCUT2D eigenvalue weighted by molar-refractivity contribution is -0.183. The van der Waals surface area contributed by atoms with Crippen molar-refractivity contribution in [1.29, 1.82) is 0 Å². The van der Waals surface area contributed by atoms with Gasteiger partial charge in [0.1, 0.15) is 0 Å². The minimum atomic E-state index is -4.21. The first-order valence-corrected chi connectivity index (χ1v) is 9.91. The van der Waals surface area contributed by atoms with Gasteiger partial charge in [-0.2, -0.15) is 13.2 Å². The fourth-order valence-electron chi connectivity index (χ4n) is 3.71. The summed E-state index contributed by atoms with van der Waals surface area (Å²) >= 11 is 4.42. The van der Waals surface area contributed by atoms with Gasteiger partial charge in [-0.05, 0) is 42.2 Å². The number of carbonyl (C=O) groups excluding carboxylic acids is 1. The first-order valence-electron chi connectivity index (χ1n) is 9.51. The fourth-order valence-corrected chi connectivity index (χ4v) is 4.00. The van der Waals surface area contributed by atoms with E-state index in [1.165, 1.54) is 4.31 Å². The number of hydrogen-bond acceptors (Lipinski definition) is 2. The van der Waals surface area contributed by atoms with Crippen LogP contribution >= 0.6 is 12.8 Å². The molecule has 2 unspecified atom stereocenters. The summed E-state index contributed by atoms with van der Waals surface area (Å²) < 4.78 is 40.3. The number of urea groups is 1. The van der Waals surface area contributed by atoms with Gasteiger partial charge in [-0.25, -0.2) is 9.10 Å². The molecule has 2 amide bonds. The third-order valence-corrected chi connectivity index (χ3v) is 5.59. The number of hydrogen-bond donors (Lipinski definition) is 2. The molecule has 0 saturated heterocycles. The van der Waals surface area contributed by atoms with Crippen LogP contribution in [0.3, 0.4) is 0 Å². The number of para-hydroxylation sites is 1. The minimum Gasteiger partial charge on any atom is -0.334 e. The fraction of sp³-hybridized carbons (Fsp3) is 0.650. The minimum absolute atomic E-state index is 0.0697. The van der Waals surface area contributed by atoms with Crippen LogP contribution in [0.1, 0.15) is 76.3 Å². The Hall–Kier alpha value is -1.37. The van der Waals surface area contributed by atoms with Gasteiger partial charge in [-0.15, -0.1) is 0 Å². The largest absolute Gasteiger partial charge is 0.391 e. The van der Waals surface area contributed by atoms with E-state index >= 15 is 0 Å². The maximum absolute atomic E-state index is 13.0. The van der Waals surface area contributed by atoms with Gasteiger partial charge < -0.3 is 5.32 Å². The van der Waals surface area contributed by atoms with E-state index in [1.807, 2.05) is 45.9 Å². The zero-order valence-electron chi connectivity index (χ0n) is 16.3. The molecule has 7 heteroatoms. The van der Waals surface area contributed by atoms with Gasteiger partial charge in [0.2, 0.25) is 0 Å². The molecule has 27 heavy (non-hydrogen) atoms. The summed E-state index contributed by atoms with van der Waals surface area (Å²) in [4.78, 5) is 12.8. The predicted molar refractivity (Wildman–Crippen MR) is 106 cm³/mol. The van der Waals surface area contributed by atoms with Crippen molar-refractivity contribution in [1.82, 2.24) is 5.32 Å². The molecule has 1 aromatic rings. The summed E-state index contributed by atoms with van der Waals surface area (Å²) in [6, 6.07) is 4.93. The average molecular weight is 403 g/mol. The van der Waals surface area contributed by atoms with Crippen LogP contribution in [0.5, 0.6) is 0 Å². The van der Waals surface area contributed by atoms with E-state index in [2.05, 4.69) is 18.1 Å². The van der Waals surface area contributed by atoms with Crippen LogP contribution in [0, 0.1) is 5.92 Å². The van der Waals surface area contributed by atoms with E-state index in [0.29, 0.717) is 12.8 Å². The number of halogens is 3. The van der Waals surface area contributed by atoms with Crippen LogP contribution in [-0.4, -0.2) is 18.2 Å². The monoisotopic (exact) mass is 402 g/mol. The Morgan fingerprint density at radius 2 is 1.70 bits per heavy atom. The second-order valence-electron chi connectivity index (χ2n) is 7.96. The van der Waals surface area contributed by atoms with Crippen molar-refractivity contribution >= 4 is 24.5 Å². The lowest BCUT2D eigenvalue weighted by Gasteiger charge is -2.33. The molecule has 3 nitrogen and oxygen atoms in total. The van der Waals surface area contributed by atoms with Gasteiger partial charge >= 0.3 is 12.2 Å². The quantitative estimate of drug-likeness (QED) is 0.560. The van der Waals surface area contributed by atoms with Gasteiger partial charge in [0, 0.05) is 6.04 Å². The van der Waals surface area contributed by atoms with Crippen molar-refractivity contribution in [2.24, 2.45) is 5.92 Å². The number of nitrogens with zero attached hydrogens (tertiary/aromatic N) is 1. The van der Waals surface area contributed by atoms with Crippen LogP contribution < -0.4 is 9.62 Å². The molecule has 1 aromatic carbocycles. The zero-order chi connectivity index (χ0) is 20.4. The van der Waals surface area contributed by atoms with E-state index in [9.17, 15) is 18.0 Å². The van der Waals surface area contributed by atoms with Crippen molar-refractivity contribution < 1.29 is 18.0 Å². The molecular formula is C20H29F3N2OS. The summed E-state index contributed by atoms with van der Waals surface area (Å²) in [5.74, 6) is -0.977. The van der Waals surface area contributed by atoms with Crippen molar-refractivity contribution in [2.75, 3.05) is 4.31 Å². The SMILES string of the molecule is CC(C)c1cccc(C(C)C)c1N(S)C(=O)NC1CCCC(C(F)(F)F)C1. The summed E-state index contributed by atoms with van der Waals surface area (Å²) in [6.45, 7) is 8.16. The average Bonchev–Trinajstić information content (AvgIpc) is 2.59. The van der Waals surface area contributed by atoms with Crippen molar-refractivity contribution in [3.05, 3.63) is 29.3 Å². The van der Waals surface area contributed by atoms with Gasteiger partial charge in [0.25, 0.3) is 0 Å². The van der Waals surface area contributed by atoms with Crippen molar-refractivity contribution in [3.63, 3.8) is 0 Å². The van der Waals surface area contributed by atoms with Crippen molar-refractivity contribution in [2.45, 2.75) is 77.4 Å². The molecule has 2 rings (SSSR count). The normalized spacial score (nSPS) is 20.8. The Morgan fingerprint density at radius 3 is 2.19 bits per heavy atom. The summed E-state index contributed by atoms with van der Waals surface area (Å²) in [5, 5.41) is 2.76. The molecule has 0 bridgehead atoms. The van der Waals surface area contributed by atoms with Gasteiger partial charge in [-0.3, -0.25) is 0 Å². The molecule has 1 N–H and O–H groups in total. The highest BCUT2D eigenvalue weighted by Crippen LogP contribution is 2.39. The molecule has 1 saturated carbocycles. The lowest BCUT2D eigenvalue weighted by atomic mass is 9.85. The molecular weight excluding hydrogens is 373 g/mol. The Kier molecular flexibility index (Phi) is 7.11. The van der Waals surface area contributed by atoms with Gasteiger partial charge in [0.15, 0.2) is 0 Å². The Morgan fingerprint density at radius 1 is 1.15 bits per heavy atom. The van der Waals surface area contributed by atoms with E-state index in [1.54, 1.807) is 0 Å². The molecule has 0 spiro atoms. The van der Waals surface area contributed by atoms with Crippen LogP contribution in [0.2, 0.25) is 0 Å². The van der Waals surface area contributed by atoms with Gasteiger partial charge in [0.05, 0.1) is 11.6 Å². The van der Waals surface area contributed by atoms with Crippen LogP contribution in [0.15, 0.2) is 18.2 Å². The maximum Gasteiger partial charge on any atom is 0.391 e. The molecule has 0 aliphatic heterocycles. The van der Waals surface area contributed by atoms with E-state index < -0.39 is 24.2 Å². The smallest absolute Gasteiger partial charge is 0.334 e. The summed E-state index contributed by atoms with van der Waals surface area (Å²) in [6.07, 6.45) is -3.13. The number of nitrogens with one attached hydrogen (secondary N) is 1. The maximum atomic E-state index is 13.0. The number of carbonyl (C=O) groups is 1. The van der Waals surface area contributed by atoms with Gasteiger partial charge in [-0.1, -0.05) is 65.1 Å². The highest BCUT2D eigenvalue weighted by Gasteiger charge is 2.42. The molecule has 1 aliphatic carbocycles. The first-order chi connectivity index (χ1) is 12.5. The van der Waals surface area contributed by atoms with Crippen molar-refractivity contribution in [3.8, 4) is 0 Å². The van der Waals surface area contributed by atoms with Crippen LogP contribution in [0.25, 0.3) is 0 Å². The Bertz CT molecular complexity index is 635. The van der Waals surface area contributed by atoms with Crippen LogP contribution in [-0.2, 0) is 0 Å². The molecule has 2 atom stereocenters. The number of alkyl halides is 3. The summed E-state index contributed by atoms with van der Waals surface area (Å²) in [5.41, 5.74) is 2.71. The Labute approximate surface area is 165 Å². The molecule has 0 radical (unpaired) electrons. The number of rotatable bonds is 4. The zero-order valence-corrected chi connectivity index (χ0v) is 17.2. The highest BCUT2D eigenvalue weighted by molar-refractivity contribution is 7.82.